The zero-order valence-electron chi connectivity index (χ0n) is 11.9. The Morgan fingerprint density at radius 3 is 2.50 bits per heavy atom. The van der Waals surface area contributed by atoms with Crippen molar-refractivity contribution in [1.82, 2.24) is 5.32 Å². The molecule has 3 atom stereocenters. The molecule has 18 heavy (non-hydrogen) atoms. The maximum Gasteiger partial charge on any atom is 0.0565 e. The third kappa shape index (κ3) is 3.56. The lowest BCUT2D eigenvalue weighted by Crippen LogP contribution is -2.42. The monoisotopic (exact) mass is 247 g/mol. The van der Waals surface area contributed by atoms with Gasteiger partial charge >= 0.3 is 0 Å². The number of nitrogens with one attached hydrogen (secondary N) is 1. The van der Waals surface area contributed by atoms with Gasteiger partial charge in [-0.3, -0.25) is 0 Å². The highest BCUT2D eigenvalue weighted by Gasteiger charge is 2.25. The summed E-state index contributed by atoms with van der Waals surface area (Å²) in [4.78, 5) is 0. The molecule has 0 bridgehead atoms. The van der Waals surface area contributed by atoms with Gasteiger partial charge in [0.1, 0.15) is 0 Å². The Morgan fingerprint density at radius 2 is 1.89 bits per heavy atom. The summed E-state index contributed by atoms with van der Waals surface area (Å²) in [6, 6.07) is 9.74. The van der Waals surface area contributed by atoms with Crippen LogP contribution in [-0.2, 0) is 4.74 Å². The molecule has 1 aliphatic heterocycles. The second kappa shape index (κ2) is 5.85. The minimum Gasteiger partial charge on any atom is -0.375 e. The van der Waals surface area contributed by atoms with Gasteiger partial charge in [0, 0.05) is 12.1 Å². The van der Waals surface area contributed by atoms with Crippen LogP contribution in [0.5, 0.6) is 0 Å². The van der Waals surface area contributed by atoms with Crippen LogP contribution >= 0.6 is 0 Å². The SMILES string of the molecule is Cc1cccc([C@@H](C)NC2CC(C)OC(C)C2)c1. The molecule has 1 N–H and O–H groups in total. The third-order valence-corrected chi connectivity index (χ3v) is 3.73. The highest BCUT2D eigenvalue weighted by Crippen LogP contribution is 2.22. The van der Waals surface area contributed by atoms with Gasteiger partial charge in [-0.25, -0.2) is 0 Å². The van der Waals surface area contributed by atoms with E-state index in [-0.39, 0.29) is 0 Å². The summed E-state index contributed by atoms with van der Waals surface area (Å²) in [7, 11) is 0. The van der Waals surface area contributed by atoms with Crippen molar-refractivity contribution < 1.29 is 4.74 Å². The van der Waals surface area contributed by atoms with Crippen molar-refractivity contribution in [2.24, 2.45) is 0 Å². The van der Waals surface area contributed by atoms with Crippen molar-refractivity contribution in [2.45, 2.75) is 64.8 Å². The predicted octanol–water partition coefficient (Wildman–Crippen LogP) is 3.60. The Morgan fingerprint density at radius 1 is 1.22 bits per heavy atom. The minimum atomic E-state index is 0.371. The molecule has 2 unspecified atom stereocenters. The van der Waals surface area contributed by atoms with E-state index in [4.69, 9.17) is 4.74 Å². The van der Waals surface area contributed by atoms with Crippen LogP contribution in [0.15, 0.2) is 24.3 Å². The molecule has 1 saturated heterocycles. The van der Waals surface area contributed by atoms with Crippen molar-refractivity contribution in [2.75, 3.05) is 0 Å². The van der Waals surface area contributed by atoms with E-state index >= 15 is 0 Å². The highest BCUT2D eigenvalue weighted by atomic mass is 16.5. The standard InChI is InChI=1S/C16H25NO/c1-11-6-5-7-15(8-11)14(4)17-16-9-12(2)18-13(3)10-16/h5-8,12-14,16-17H,9-10H2,1-4H3/t12?,13?,14-,16?/m1/s1. The molecule has 0 spiro atoms. The van der Waals surface area contributed by atoms with E-state index in [0.717, 1.165) is 12.8 Å². The number of ether oxygens (including phenoxy) is 1. The summed E-state index contributed by atoms with van der Waals surface area (Å²) in [6.45, 7) is 8.73. The zero-order chi connectivity index (χ0) is 13.1. The Hall–Kier alpha value is -0.860. The summed E-state index contributed by atoms with van der Waals surface area (Å²) in [5.41, 5.74) is 2.71. The van der Waals surface area contributed by atoms with Crippen molar-refractivity contribution >= 4 is 0 Å². The molecule has 1 heterocycles. The quantitative estimate of drug-likeness (QED) is 0.881. The molecule has 100 valence electrons. The first kappa shape index (κ1) is 13.6. The molecule has 1 aromatic carbocycles. The Kier molecular flexibility index (Phi) is 4.41. The molecule has 0 aliphatic carbocycles. The van der Waals surface area contributed by atoms with Crippen molar-refractivity contribution in [3.63, 3.8) is 0 Å². The lowest BCUT2D eigenvalue weighted by molar-refractivity contribution is -0.0433. The Bertz CT molecular complexity index is 380. The van der Waals surface area contributed by atoms with Gasteiger partial charge in [0.05, 0.1) is 12.2 Å². The van der Waals surface area contributed by atoms with E-state index in [2.05, 4.69) is 57.3 Å². The maximum absolute atomic E-state index is 5.78. The van der Waals surface area contributed by atoms with Crippen LogP contribution in [-0.4, -0.2) is 18.2 Å². The second-order valence-electron chi connectivity index (χ2n) is 5.73. The van der Waals surface area contributed by atoms with Gasteiger partial charge in [-0.1, -0.05) is 29.8 Å². The fourth-order valence-electron chi connectivity index (χ4n) is 2.93. The number of rotatable bonds is 3. The summed E-state index contributed by atoms with van der Waals surface area (Å²) < 4.78 is 5.78. The number of aryl methyl sites for hydroxylation is 1. The first-order valence-corrected chi connectivity index (χ1v) is 7.02. The summed E-state index contributed by atoms with van der Waals surface area (Å²) in [5.74, 6) is 0. The van der Waals surface area contributed by atoms with Crippen LogP contribution in [0.2, 0.25) is 0 Å². The molecule has 1 aromatic rings. The molecule has 0 radical (unpaired) electrons. The third-order valence-electron chi connectivity index (χ3n) is 3.73. The molecule has 0 amide bonds. The maximum atomic E-state index is 5.78. The number of hydrogen-bond acceptors (Lipinski definition) is 2. The molecular formula is C16H25NO. The van der Waals surface area contributed by atoms with Gasteiger partial charge in [0.25, 0.3) is 0 Å². The Labute approximate surface area is 111 Å². The number of benzene rings is 1. The topological polar surface area (TPSA) is 21.3 Å². The predicted molar refractivity (Wildman–Crippen MR) is 75.8 cm³/mol. The van der Waals surface area contributed by atoms with Gasteiger partial charge in [-0.2, -0.15) is 0 Å². The van der Waals surface area contributed by atoms with Crippen LogP contribution in [0.25, 0.3) is 0 Å². The average Bonchev–Trinajstić information content (AvgIpc) is 2.27. The second-order valence-corrected chi connectivity index (χ2v) is 5.73. The summed E-state index contributed by atoms with van der Waals surface area (Å²) >= 11 is 0. The molecule has 0 aromatic heterocycles. The van der Waals surface area contributed by atoms with Gasteiger partial charge in [-0.15, -0.1) is 0 Å². The zero-order valence-corrected chi connectivity index (χ0v) is 11.9. The van der Waals surface area contributed by atoms with Crippen molar-refractivity contribution in [3.05, 3.63) is 35.4 Å². The lowest BCUT2D eigenvalue weighted by Gasteiger charge is -2.34. The van der Waals surface area contributed by atoms with Crippen LogP contribution in [0.1, 0.15) is 50.8 Å². The largest absolute Gasteiger partial charge is 0.375 e. The van der Waals surface area contributed by atoms with Crippen LogP contribution in [0.3, 0.4) is 0 Å². The van der Waals surface area contributed by atoms with E-state index < -0.39 is 0 Å². The fraction of sp³-hybridized carbons (Fsp3) is 0.625. The Balaban J connectivity index is 1.96. The van der Waals surface area contributed by atoms with Crippen LogP contribution in [0.4, 0.5) is 0 Å². The van der Waals surface area contributed by atoms with Crippen LogP contribution < -0.4 is 5.32 Å². The van der Waals surface area contributed by atoms with Crippen molar-refractivity contribution in [1.29, 1.82) is 0 Å². The van der Waals surface area contributed by atoms with Gasteiger partial charge < -0.3 is 10.1 Å². The van der Waals surface area contributed by atoms with Crippen LogP contribution in [0, 0.1) is 6.92 Å². The molecule has 1 aliphatic rings. The van der Waals surface area contributed by atoms with E-state index in [1.807, 2.05) is 0 Å². The van der Waals surface area contributed by atoms with E-state index in [0.29, 0.717) is 24.3 Å². The van der Waals surface area contributed by atoms with Gasteiger partial charge in [-0.05, 0) is 46.1 Å². The van der Waals surface area contributed by atoms with Gasteiger partial charge in [0.2, 0.25) is 0 Å². The smallest absolute Gasteiger partial charge is 0.0565 e. The fourth-order valence-corrected chi connectivity index (χ4v) is 2.93. The summed E-state index contributed by atoms with van der Waals surface area (Å²) in [5, 5.41) is 3.74. The van der Waals surface area contributed by atoms with Crippen molar-refractivity contribution in [3.8, 4) is 0 Å². The van der Waals surface area contributed by atoms with E-state index in [1.54, 1.807) is 0 Å². The molecule has 2 heteroatoms. The summed E-state index contributed by atoms with van der Waals surface area (Å²) in [6.07, 6.45) is 2.97. The first-order chi connectivity index (χ1) is 8.54. The van der Waals surface area contributed by atoms with E-state index in [1.165, 1.54) is 11.1 Å². The highest BCUT2D eigenvalue weighted by molar-refractivity contribution is 5.24. The molecule has 2 rings (SSSR count). The normalized spacial score (nSPS) is 30.1. The molecule has 0 saturated carbocycles. The molecular weight excluding hydrogens is 222 g/mol. The van der Waals surface area contributed by atoms with E-state index in [9.17, 15) is 0 Å². The molecule has 2 nitrogen and oxygen atoms in total. The lowest BCUT2D eigenvalue weighted by atomic mass is 9.97. The van der Waals surface area contributed by atoms with Gasteiger partial charge in [0.15, 0.2) is 0 Å². The number of hydrogen-bond donors (Lipinski definition) is 1. The first-order valence-electron chi connectivity index (χ1n) is 7.02. The molecule has 1 fully saturated rings. The minimum absolute atomic E-state index is 0.371. The average molecular weight is 247 g/mol.